The molecular formula is C16H16BrNO3. The van der Waals surface area contributed by atoms with Gasteiger partial charge in [-0.2, -0.15) is 0 Å². The van der Waals surface area contributed by atoms with Gasteiger partial charge < -0.3 is 14.8 Å². The number of ketones is 1. The van der Waals surface area contributed by atoms with E-state index in [0.717, 1.165) is 35.5 Å². The predicted octanol–water partition coefficient (Wildman–Crippen LogP) is 2.48. The molecule has 2 atom stereocenters. The number of methoxy groups -OCH3 is 1. The van der Waals surface area contributed by atoms with E-state index in [-0.39, 0.29) is 17.3 Å². The van der Waals surface area contributed by atoms with Crippen molar-refractivity contribution in [3.05, 3.63) is 33.8 Å². The molecule has 0 radical (unpaired) electrons. The maximum atomic E-state index is 11.8. The fourth-order valence-electron chi connectivity index (χ4n) is 3.77. The maximum Gasteiger partial charge on any atom is 0.166 e. The van der Waals surface area contributed by atoms with Gasteiger partial charge in [-0.25, -0.2) is 0 Å². The number of carbonyl (C=O) groups excluding carboxylic acids is 1. The highest BCUT2D eigenvalue weighted by atomic mass is 79.9. The number of hydrogen-bond donors (Lipinski definition) is 1. The molecule has 1 N–H and O–H groups in total. The molecule has 0 aromatic heterocycles. The van der Waals surface area contributed by atoms with E-state index in [1.54, 1.807) is 13.2 Å². The number of halogens is 1. The van der Waals surface area contributed by atoms with Crippen LogP contribution in [0.3, 0.4) is 0 Å². The summed E-state index contributed by atoms with van der Waals surface area (Å²) in [5.41, 5.74) is 2.19. The first-order valence-electron chi connectivity index (χ1n) is 7.15. The van der Waals surface area contributed by atoms with Crippen LogP contribution in [0.15, 0.2) is 22.7 Å². The Bertz CT molecular complexity index is 670. The second kappa shape index (κ2) is 4.58. The van der Waals surface area contributed by atoms with E-state index in [4.69, 9.17) is 9.47 Å². The fourth-order valence-corrected chi connectivity index (χ4v) is 4.32. The van der Waals surface area contributed by atoms with Gasteiger partial charge in [0.15, 0.2) is 17.3 Å². The average molecular weight is 350 g/mol. The van der Waals surface area contributed by atoms with Gasteiger partial charge in [0.25, 0.3) is 0 Å². The van der Waals surface area contributed by atoms with Crippen LogP contribution < -0.4 is 14.8 Å². The summed E-state index contributed by atoms with van der Waals surface area (Å²) >= 11 is 3.66. The minimum Gasteiger partial charge on any atom is -0.493 e. The van der Waals surface area contributed by atoms with Crippen LogP contribution in [-0.2, 0) is 16.8 Å². The van der Waals surface area contributed by atoms with E-state index in [0.29, 0.717) is 6.42 Å². The normalized spacial score (nSPS) is 29.4. The monoisotopic (exact) mass is 349 g/mol. The highest BCUT2D eigenvalue weighted by molar-refractivity contribution is 9.10. The predicted molar refractivity (Wildman–Crippen MR) is 81.9 cm³/mol. The van der Waals surface area contributed by atoms with Gasteiger partial charge in [0, 0.05) is 23.0 Å². The number of hydrogen-bond acceptors (Lipinski definition) is 4. The zero-order valence-corrected chi connectivity index (χ0v) is 13.3. The van der Waals surface area contributed by atoms with Gasteiger partial charge in [0.2, 0.25) is 0 Å². The van der Waals surface area contributed by atoms with Gasteiger partial charge in [-0.3, -0.25) is 4.79 Å². The highest BCUT2D eigenvalue weighted by Crippen LogP contribution is 2.56. The first kappa shape index (κ1) is 13.3. The molecule has 0 saturated heterocycles. The van der Waals surface area contributed by atoms with Gasteiger partial charge in [-0.05, 0) is 30.7 Å². The Balaban J connectivity index is 2.02. The standard InChI is InChI=1S/C16H16BrNO3/c1-20-12-7-11(17)10-8-18-5-4-16-3-2-9(19)6-13(16)21-15(12)14(10)16/h2-3,7,13,18H,4-6,8H2,1H3. The number of benzene rings is 1. The van der Waals surface area contributed by atoms with Crippen LogP contribution in [0.5, 0.6) is 11.5 Å². The van der Waals surface area contributed by atoms with Crippen LogP contribution in [-0.4, -0.2) is 25.5 Å². The molecule has 2 aliphatic heterocycles. The second-order valence-electron chi connectivity index (χ2n) is 5.82. The number of carbonyl (C=O) groups is 1. The summed E-state index contributed by atoms with van der Waals surface area (Å²) in [4.78, 5) is 11.8. The van der Waals surface area contributed by atoms with Crippen molar-refractivity contribution in [2.24, 2.45) is 0 Å². The van der Waals surface area contributed by atoms with Crippen molar-refractivity contribution in [2.45, 2.75) is 30.9 Å². The van der Waals surface area contributed by atoms with Crippen LogP contribution in [0.2, 0.25) is 0 Å². The molecule has 4 nitrogen and oxygen atoms in total. The van der Waals surface area contributed by atoms with Crippen molar-refractivity contribution in [2.75, 3.05) is 13.7 Å². The van der Waals surface area contributed by atoms with Crippen LogP contribution in [0.1, 0.15) is 24.0 Å². The molecule has 1 spiro atoms. The summed E-state index contributed by atoms with van der Waals surface area (Å²) < 4.78 is 12.7. The smallest absolute Gasteiger partial charge is 0.166 e. The Morgan fingerprint density at radius 3 is 3.19 bits per heavy atom. The van der Waals surface area contributed by atoms with Crippen LogP contribution >= 0.6 is 15.9 Å². The molecule has 0 saturated carbocycles. The fraction of sp³-hybridized carbons (Fsp3) is 0.438. The SMILES string of the molecule is COc1cc(Br)c2c3c1OC1CC(=O)C=CC31CCNC2. The minimum absolute atomic E-state index is 0.119. The molecule has 0 fully saturated rings. The molecule has 0 amide bonds. The summed E-state index contributed by atoms with van der Waals surface area (Å²) in [5.74, 6) is 1.68. The Labute approximate surface area is 131 Å². The van der Waals surface area contributed by atoms with Crippen molar-refractivity contribution >= 4 is 21.7 Å². The van der Waals surface area contributed by atoms with E-state index in [1.165, 1.54) is 11.1 Å². The van der Waals surface area contributed by atoms with E-state index in [1.807, 2.05) is 6.07 Å². The lowest BCUT2D eigenvalue weighted by molar-refractivity contribution is -0.117. The molecule has 4 rings (SSSR count). The topological polar surface area (TPSA) is 47.6 Å². The van der Waals surface area contributed by atoms with E-state index >= 15 is 0 Å². The van der Waals surface area contributed by atoms with Crippen LogP contribution in [0, 0.1) is 0 Å². The number of nitrogens with one attached hydrogen (secondary N) is 1. The van der Waals surface area contributed by atoms with E-state index < -0.39 is 0 Å². The first-order chi connectivity index (χ1) is 10.2. The van der Waals surface area contributed by atoms with Gasteiger partial charge in [0.05, 0.1) is 12.5 Å². The largest absolute Gasteiger partial charge is 0.493 e. The van der Waals surface area contributed by atoms with Gasteiger partial charge in [-0.1, -0.05) is 22.0 Å². The minimum atomic E-state index is -0.209. The van der Waals surface area contributed by atoms with Crippen LogP contribution in [0.25, 0.3) is 0 Å². The maximum absolute atomic E-state index is 11.8. The van der Waals surface area contributed by atoms with Crippen molar-refractivity contribution in [1.82, 2.24) is 5.32 Å². The third-order valence-corrected chi connectivity index (χ3v) is 5.50. The average Bonchev–Trinajstić information content (AvgIpc) is 2.67. The molecule has 3 aliphatic rings. The Morgan fingerprint density at radius 1 is 1.52 bits per heavy atom. The lowest BCUT2D eigenvalue weighted by Gasteiger charge is -2.33. The van der Waals surface area contributed by atoms with Gasteiger partial charge in [0.1, 0.15) is 6.10 Å². The highest BCUT2D eigenvalue weighted by Gasteiger charge is 2.52. The third-order valence-electron chi connectivity index (χ3n) is 4.79. The summed E-state index contributed by atoms with van der Waals surface area (Å²) in [7, 11) is 1.65. The van der Waals surface area contributed by atoms with Gasteiger partial charge in [-0.15, -0.1) is 0 Å². The van der Waals surface area contributed by atoms with E-state index in [2.05, 4.69) is 27.3 Å². The molecule has 2 heterocycles. The molecule has 0 bridgehead atoms. The van der Waals surface area contributed by atoms with E-state index in [9.17, 15) is 4.79 Å². The van der Waals surface area contributed by atoms with Crippen LogP contribution in [0.4, 0.5) is 0 Å². The zero-order chi connectivity index (χ0) is 14.6. The van der Waals surface area contributed by atoms with Crippen molar-refractivity contribution in [3.8, 4) is 11.5 Å². The number of rotatable bonds is 1. The lowest BCUT2D eigenvalue weighted by atomic mass is 9.69. The first-order valence-corrected chi connectivity index (χ1v) is 7.94. The summed E-state index contributed by atoms with van der Waals surface area (Å²) in [6, 6.07) is 1.96. The third kappa shape index (κ3) is 1.74. The molecule has 21 heavy (non-hydrogen) atoms. The molecule has 1 aromatic rings. The van der Waals surface area contributed by atoms with Crippen molar-refractivity contribution < 1.29 is 14.3 Å². The van der Waals surface area contributed by atoms with Crippen molar-refractivity contribution in [1.29, 1.82) is 0 Å². The molecule has 1 aromatic carbocycles. The summed E-state index contributed by atoms with van der Waals surface area (Å²) in [6.45, 7) is 1.70. The molecule has 110 valence electrons. The Hall–Kier alpha value is -1.33. The summed E-state index contributed by atoms with van der Waals surface area (Å²) in [6.07, 6.45) is 5.02. The summed E-state index contributed by atoms with van der Waals surface area (Å²) in [5, 5.41) is 3.47. The lowest BCUT2D eigenvalue weighted by Crippen LogP contribution is -2.41. The number of allylic oxidation sites excluding steroid dienone is 1. The molecule has 5 heteroatoms. The zero-order valence-electron chi connectivity index (χ0n) is 11.7. The molecular weight excluding hydrogens is 334 g/mol. The quantitative estimate of drug-likeness (QED) is 0.846. The molecule has 2 unspecified atom stereocenters. The Kier molecular flexibility index (Phi) is 2.91. The Morgan fingerprint density at radius 2 is 2.38 bits per heavy atom. The van der Waals surface area contributed by atoms with Gasteiger partial charge >= 0.3 is 0 Å². The second-order valence-corrected chi connectivity index (χ2v) is 6.68. The molecule has 1 aliphatic carbocycles. The number of ether oxygens (including phenoxy) is 2. The van der Waals surface area contributed by atoms with Crippen molar-refractivity contribution in [3.63, 3.8) is 0 Å².